The molecule has 1 aromatic carbocycles. The summed E-state index contributed by atoms with van der Waals surface area (Å²) in [6.45, 7) is 19.4. The average molecular weight is 740 g/mol. The van der Waals surface area contributed by atoms with Gasteiger partial charge < -0.3 is 35.1 Å². The van der Waals surface area contributed by atoms with E-state index in [2.05, 4.69) is 50.2 Å². The Bertz CT molecular complexity index is 995. The number of aliphatic hydroxyl groups is 1. The second-order valence-corrected chi connectivity index (χ2v) is 14.0. The van der Waals surface area contributed by atoms with Crippen LogP contribution in [0.1, 0.15) is 118 Å². The van der Waals surface area contributed by atoms with Gasteiger partial charge in [0.05, 0.1) is 18.2 Å². The molecule has 51 heavy (non-hydrogen) atoms. The Morgan fingerprint density at radius 2 is 1.63 bits per heavy atom. The first-order valence-electron chi connectivity index (χ1n) is 19.0. The van der Waals surface area contributed by atoms with Gasteiger partial charge in [0.2, 0.25) is 6.41 Å². The summed E-state index contributed by atoms with van der Waals surface area (Å²) in [6.07, 6.45) is 15.6. The molecule has 1 aliphatic carbocycles. The lowest BCUT2D eigenvalue weighted by Gasteiger charge is -2.34. The van der Waals surface area contributed by atoms with Crippen molar-refractivity contribution in [2.45, 2.75) is 125 Å². The van der Waals surface area contributed by atoms with Crippen LogP contribution in [-0.4, -0.2) is 93.7 Å². The van der Waals surface area contributed by atoms with Crippen LogP contribution < -0.4 is 10.6 Å². The van der Waals surface area contributed by atoms with E-state index in [1.54, 1.807) is 11.9 Å². The molecule has 296 valence electrons. The number of aryl methyl sites for hydroxylation is 1. The number of nitrogens with one attached hydrogen (secondary N) is 2. The molecule has 1 heterocycles. The van der Waals surface area contributed by atoms with Crippen molar-refractivity contribution >= 4 is 37.0 Å². The van der Waals surface area contributed by atoms with Gasteiger partial charge in [0.1, 0.15) is 13.1 Å². The molecule has 0 saturated heterocycles. The molecular weight excluding hydrogens is 664 g/mol. The summed E-state index contributed by atoms with van der Waals surface area (Å²) < 4.78 is 0. The summed E-state index contributed by atoms with van der Waals surface area (Å²) in [4.78, 5) is 43.5. The van der Waals surface area contributed by atoms with Gasteiger partial charge in [-0.3, -0.25) is 9.59 Å². The zero-order valence-corrected chi connectivity index (χ0v) is 34.7. The first-order valence-corrected chi connectivity index (χ1v) is 19.3. The Balaban J connectivity index is -0.000000603. The molecule has 3 N–H and O–H groups in total. The molecule has 2 atom stereocenters. The molecule has 9 nitrogen and oxygen atoms in total. The molecule has 2 unspecified atom stereocenters. The van der Waals surface area contributed by atoms with E-state index in [1.807, 2.05) is 52.1 Å². The highest BCUT2D eigenvalue weighted by atomic mass is 35.5. The third kappa shape index (κ3) is 28.5. The number of halogens is 1. The molecule has 2 aliphatic rings. The van der Waals surface area contributed by atoms with Crippen LogP contribution in [0.25, 0.3) is 0 Å². The molecule has 0 bridgehead atoms. The number of carbonyl (C=O) groups is 4. The van der Waals surface area contributed by atoms with Crippen LogP contribution in [0.5, 0.6) is 0 Å². The highest BCUT2D eigenvalue weighted by molar-refractivity contribution is 6.30. The number of carbonyl (C=O) groups excluding carboxylic acids is 4. The lowest BCUT2D eigenvalue weighted by Crippen LogP contribution is -2.43. The predicted molar refractivity (Wildman–Crippen MR) is 216 cm³/mol. The molecular formula is C41H75ClN4O5. The molecule has 1 saturated carbocycles. The van der Waals surface area contributed by atoms with Crippen molar-refractivity contribution in [1.82, 2.24) is 20.4 Å². The standard InChI is InChI=1S/C13H23N3O2.C10H20.C8H19NO.C7H7Cl.C2H4O.CH2O/c1-4-5-6-10-7-16(9-17)8-11(12(10)14-2)13(18)15-3;1-9(2)8-10-6-4-3-5-7-10;1-4-6-8(10)7-9(3)5-2;1-6-2-4-7(8)5-3-6;1-2-3;1-2/h9-10,14H,4-8H2,1-3H3,(H,15,18);9-10H,3-8H2,1-2H3;8,10H,4-7H2,1-3H3;2-5H,1H3;2H,1H3;1H2. The number of aldehydes is 1. The molecule has 2 amide bonds. The van der Waals surface area contributed by atoms with E-state index >= 15 is 0 Å². The van der Waals surface area contributed by atoms with Crippen LogP contribution >= 0.6 is 11.6 Å². The normalized spacial score (nSPS) is 15.8. The smallest absolute Gasteiger partial charge is 0.250 e. The number of unbranched alkanes of at least 4 members (excludes halogenated alkanes) is 1. The summed E-state index contributed by atoms with van der Waals surface area (Å²) >= 11 is 5.61. The van der Waals surface area contributed by atoms with Gasteiger partial charge in [-0.2, -0.15) is 0 Å². The summed E-state index contributed by atoms with van der Waals surface area (Å²) in [5.74, 6) is 2.13. The number of amides is 2. The molecule has 0 radical (unpaired) electrons. The molecule has 0 aromatic heterocycles. The van der Waals surface area contributed by atoms with E-state index in [0.29, 0.717) is 18.7 Å². The van der Waals surface area contributed by atoms with Gasteiger partial charge in [-0.05, 0) is 70.7 Å². The number of rotatable bonds is 13. The lowest BCUT2D eigenvalue weighted by atomic mass is 9.84. The van der Waals surface area contributed by atoms with Crippen molar-refractivity contribution in [1.29, 1.82) is 0 Å². The number of hydrogen-bond acceptors (Lipinski definition) is 7. The molecule has 1 aliphatic heterocycles. The fourth-order valence-electron chi connectivity index (χ4n) is 5.98. The van der Waals surface area contributed by atoms with Gasteiger partial charge in [-0.1, -0.05) is 115 Å². The molecule has 3 rings (SSSR count). The topological polar surface area (TPSA) is 119 Å². The predicted octanol–water partition coefficient (Wildman–Crippen LogP) is 7.86. The summed E-state index contributed by atoms with van der Waals surface area (Å²) in [6, 6.07) is 7.75. The number of nitrogens with zero attached hydrogens (tertiary/aromatic N) is 2. The van der Waals surface area contributed by atoms with Gasteiger partial charge in [-0.25, -0.2) is 0 Å². The number of hydrogen-bond donors (Lipinski definition) is 3. The second kappa shape index (κ2) is 35.6. The second-order valence-electron chi connectivity index (χ2n) is 13.6. The third-order valence-electron chi connectivity index (χ3n) is 8.60. The van der Waals surface area contributed by atoms with Gasteiger partial charge >= 0.3 is 0 Å². The van der Waals surface area contributed by atoms with Crippen molar-refractivity contribution < 1.29 is 24.3 Å². The van der Waals surface area contributed by atoms with E-state index in [1.165, 1.54) is 51.0 Å². The van der Waals surface area contributed by atoms with E-state index < -0.39 is 0 Å². The maximum absolute atomic E-state index is 11.9. The Labute approximate surface area is 317 Å². The lowest BCUT2D eigenvalue weighted by molar-refractivity contribution is -0.120. The van der Waals surface area contributed by atoms with Crippen LogP contribution in [0.3, 0.4) is 0 Å². The minimum Gasteiger partial charge on any atom is -0.392 e. The number of aliphatic hydroxyl groups excluding tert-OH is 1. The Morgan fingerprint density at radius 1 is 1.06 bits per heavy atom. The highest BCUT2D eigenvalue weighted by Gasteiger charge is 2.29. The first-order chi connectivity index (χ1) is 24.4. The largest absolute Gasteiger partial charge is 0.392 e. The molecule has 0 spiro atoms. The van der Waals surface area contributed by atoms with Crippen LogP contribution in [0.15, 0.2) is 35.5 Å². The Kier molecular flexibility index (Phi) is 36.8. The van der Waals surface area contributed by atoms with Gasteiger partial charge in [0, 0.05) is 43.8 Å². The molecule has 10 heteroatoms. The van der Waals surface area contributed by atoms with E-state index in [-0.39, 0.29) is 17.9 Å². The zero-order chi connectivity index (χ0) is 39.6. The monoisotopic (exact) mass is 739 g/mol. The highest BCUT2D eigenvalue weighted by Crippen LogP contribution is 2.28. The van der Waals surface area contributed by atoms with Crippen molar-refractivity contribution in [3.05, 3.63) is 46.1 Å². The third-order valence-corrected chi connectivity index (χ3v) is 8.85. The fourth-order valence-corrected chi connectivity index (χ4v) is 6.10. The minimum atomic E-state index is -0.130. The summed E-state index contributed by atoms with van der Waals surface area (Å²) in [7, 11) is 5.48. The molecule has 1 fully saturated rings. The summed E-state index contributed by atoms with van der Waals surface area (Å²) in [5, 5.41) is 15.9. The zero-order valence-electron chi connectivity index (χ0n) is 33.9. The van der Waals surface area contributed by atoms with Gasteiger partial charge in [0.15, 0.2) is 0 Å². The van der Waals surface area contributed by atoms with Crippen molar-refractivity contribution in [3.63, 3.8) is 0 Å². The van der Waals surface area contributed by atoms with Crippen molar-refractivity contribution in [2.24, 2.45) is 17.8 Å². The van der Waals surface area contributed by atoms with Gasteiger partial charge in [0.25, 0.3) is 5.91 Å². The quantitative estimate of drug-likeness (QED) is 0.176. The van der Waals surface area contributed by atoms with Gasteiger partial charge in [-0.15, -0.1) is 0 Å². The van der Waals surface area contributed by atoms with Crippen molar-refractivity contribution in [2.75, 3.05) is 47.3 Å². The minimum absolute atomic E-state index is 0.104. The van der Waals surface area contributed by atoms with Crippen LogP contribution in [0.4, 0.5) is 0 Å². The fraction of sp³-hybridized carbons (Fsp3) is 0.707. The van der Waals surface area contributed by atoms with Crippen LogP contribution in [-0.2, 0) is 19.2 Å². The Morgan fingerprint density at radius 3 is 2.04 bits per heavy atom. The maximum Gasteiger partial charge on any atom is 0.250 e. The summed E-state index contributed by atoms with van der Waals surface area (Å²) in [5.41, 5.74) is 2.91. The molecule has 1 aromatic rings. The number of benzene rings is 1. The SMILES string of the molecule is C=O.CC(C)CC1CCCCC1.CC=O.CCCC(O)CN(C)CC.CCCCC1CN(C=O)CC(C(=O)NC)=C1NC.Cc1ccc(Cl)cc1. The van der Waals surface area contributed by atoms with Crippen LogP contribution in [0.2, 0.25) is 5.02 Å². The average Bonchev–Trinajstić information content (AvgIpc) is 3.13. The maximum atomic E-state index is 11.9. The first kappa shape index (κ1) is 52.6. The van der Waals surface area contributed by atoms with E-state index in [9.17, 15) is 14.7 Å². The van der Waals surface area contributed by atoms with Crippen LogP contribution in [0, 0.1) is 24.7 Å². The Hall–Kier alpha value is -2.75. The number of likely N-dealkylation sites (N-methyl/N-ethyl adjacent to an activating group) is 2. The van der Waals surface area contributed by atoms with E-state index in [0.717, 1.165) is 80.4 Å². The van der Waals surface area contributed by atoms with E-state index in [4.69, 9.17) is 21.2 Å². The van der Waals surface area contributed by atoms with Crippen molar-refractivity contribution in [3.8, 4) is 0 Å².